The Kier molecular flexibility index (Phi) is 3840. The van der Waals surface area contributed by atoms with Crippen molar-refractivity contribution in [3.8, 4) is 0 Å². The topological polar surface area (TPSA) is 80.9 Å². The summed E-state index contributed by atoms with van der Waals surface area (Å²) in [6.07, 6.45) is 0. The van der Waals surface area contributed by atoms with Crippen LogP contribution in [0.25, 0.3) is 0 Å². The van der Waals surface area contributed by atoms with Gasteiger partial charge >= 0.3 is 26.2 Å². The zero-order chi connectivity index (χ0) is 8.00. The molecule has 12 heavy (non-hydrogen) atoms. The van der Waals surface area contributed by atoms with E-state index in [-0.39, 0.29) is 48.5 Å². The van der Waals surface area contributed by atoms with Crippen LogP contribution in [0.1, 0.15) is 0 Å². The van der Waals surface area contributed by atoms with Gasteiger partial charge in [0.2, 0.25) is 0 Å². The van der Waals surface area contributed by atoms with Gasteiger partial charge in [0.25, 0.3) is 0 Å². The Balaban J connectivity index is -0.00000000267. The van der Waals surface area contributed by atoms with Gasteiger partial charge in [-0.25, -0.2) is 0 Å². The fraction of sp³-hybridized carbons (Fsp3) is 0. The van der Waals surface area contributed by atoms with Crippen molar-refractivity contribution in [3.63, 3.8) is 0 Å². The van der Waals surface area contributed by atoms with E-state index in [1.165, 1.54) is 0 Å². The standard InChI is InChI=1S/3CH3.4H4OSi.Zr/c;;;4*1-2;/h3*1H3;4*1H,2H3;/q3*-1;;;;;+3. The van der Waals surface area contributed by atoms with Gasteiger partial charge in [-0.1, -0.05) is 0 Å². The van der Waals surface area contributed by atoms with Crippen molar-refractivity contribution in [2.75, 3.05) is 0 Å². The molecule has 0 unspecified atom stereocenters. The van der Waals surface area contributed by atoms with E-state index in [1.807, 2.05) is 0 Å². The monoisotopic (exact) mass is 327 g/mol. The maximum absolute atomic E-state index is 7.14. The van der Waals surface area contributed by atoms with Crippen molar-refractivity contribution in [2.45, 2.75) is 0 Å². The molecular weight excluding hydrogens is 304 g/mol. The van der Waals surface area contributed by atoms with Crippen LogP contribution in [-0.4, -0.2) is 61.1 Å². The molecule has 0 aliphatic rings. The van der Waals surface area contributed by atoms with Crippen LogP contribution >= 0.6 is 0 Å². The van der Waals surface area contributed by atoms with Crippen LogP contribution in [0.3, 0.4) is 0 Å². The molecule has 0 aromatic heterocycles. The van der Waals surface area contributed by atoms with Gasteiger partial charge in [0.15, 0.2) is 0 Å². The minimum Gasteiger partial charge on any atom is -0.442 e. The maximum Gasteiger partial charge on any atom is 3.00 e. The van der Waals surface area contributed by atoms with Gasteiger partial charge in [0, 0.05) is 0 Å². The molecule has 0 amide bonds. The molecule has 0 aliphatic heterocycles. The minimum absolute atomic E-state index is 0. The fourth-order valence-corrected chi connectivity index (χ4v) is 0. The first-order valence-electron chi connectivity index (χ1n) is 1.79. The van der Waals surface area contributed by atoms with Crippen molar-refractivity contribution >= 4 is 41.9 Å². The van der Waals surface area contributed by atoms with E-state index in [4.69, 9.17) is 19.2 Å². The van der Waals surface area contributed by atoms with E-state index >= 15 is 0 Å². The van der Waals surface area contributed by atoms with Gasteiger partial charge in [0.05, 0.1) is 0 Å². The second-order valence-electron chi connectivity index (χ2n) is 0. The van der Waals surface area contributed by atoms with Crippen LogP contribution < -0.4 is 0 Å². The first-order valence-corrected chi connectivity index (χ1v) is 5.37. The predicted molar refractivity (Wildman–Crippen MR) is 67.9 cm³/mol. The van der Waals surface area contributed by atoms with Gasteiger partial charge in [-0.15, -0.1) is 0 Å². The molecule has 4 nitrogen and oxygen atoms in total. The number of hydrogen-bond donors (Lipinski definition) is 4. The Morgan fingerprint density at radius 3 is 0.417 bits per heavy atom. The van der Waals surface area contributed by atoms with Crippen molar-refractivity contribution in [1.29, 1.82) is 0 Å². The Hall–Kier alpha value is 1.59. The zero-order valence-electron chi connectivity index (χ0n) is 9.29. The van der Waals surface area contributed by atoms with Gasteiger partial charge < -0.3 is 41.5 Å². The van der Waals surface area contributed by atoms with Crippen LogP contribution in [0.4, 0.5) is 0 Å². The predicted octanol–water partition coefficient (Wildman–Crippen LogP) is -5.62. The number of rotatable bonds is 0. The quantitative estimate of drug-likeness (QED) is 0.264. The molecule has 4 N–H and O–H groups in total. The van der Waals surface area contributed by atoms with Crippen LogP contribution in [0.5, 0.6) is 0 Å². The molecule has 81 valence electrons. The average molecular weight is 329 g/mol. The summed E-state index contributed by atoms with van der Waals surface area (Å²) < 4.78 is 0. The third-order valence-electron chi connectivity index (χ3n) is 0. The minimum atomic E-state index is 0. The molecule has 0 spiro atoms. The van der Waals surface area contributed by atoms with E-state index in [0.717, 1.165) is 0 Å². The first kappa shape index (κ1) is 68.9. The van der Waals surface area contributed by atoms with E-state index in [1.54, 1.807) is 0 Å². The van der Waals surface area contributed by atoms with Gasteiger partial charge in [0.1, 0.15) is 41.9 Å². The van der Waals surface area contributed by atoms with Gasteiger partial charge in [-0.3, -0.25) is 0 Å². The fourth-order valence-electron chi connectivity index (χ4n) is 0. The Labute approximate surface area is 109 Å². The summed E-state index contributed by atoms with van der Waals surface area (Å²) in [5.74, 6) is 0. The summed E-state index contributed by atoms with van der Waals surface area (Å²) >= 11 is 0. The molecule has 0 atom stereocenters. The second kappa shape index (κ2) is 669. The first-order chi connectivity index (χ1) is 4.00. The van der Waals surface area contributed by atoms with Gasteiger partial charge in [-0.05, 0) is 0 Å². The van der Waals surface area contributed by atoms with E-state index in [9.17, 15) is 0 Å². The average Bonchev–Trinajstić information content (AvgIpc) is 2.03. The SMILES string of the molecule is O[SiH3].O[SiH3].O[SiH3].O[SiH3].[CH3-].[CH3-].[CH3-].[Zr+3]. The van der Waals surface area contributed by atoms with E-state index in [0.29, 0.717) is 41.9 Å². The van der Waals surface area contributed by atoms with Crippen molar-refractivity contribution in [1.82, 2.24) is 0 Å². The van der Waals surface area contributed by atoms with Crippen LogP contribution in [-0.2, 0) is 26.2 Å². The normalized spacial score (nSPS) is 3.00. The summed E-state index contributed by atoms with van der Waals surface area (Å²) in [5.41, 5.74) is 0. The second-order valence-corrected chi connectivity index (χ2v) is 0. The Morgan fingerprint density at radius 1 is 0.417 bits per heavy atom. The molecule has 0 rings (SSSR count). The maximum atomic E-state index is 7.14. The summed E-state index contributed by atoms with van der Waals surface area (Å²) in [6.45, 7) is 0. The number of hydrogen-bond acceptors (Lipinski definition) is 4. The van der Waals surface area contributed by atoms with Gasteiger partial charge in [-0.2, -0.15) is 0 Å². The summed E-state index contributed by atoms with van der Waals surface area (Å²) in [5, 5.41) is 0. The van der Waals surface area contributed by atoms with Crippen LogP contribution in [0.2, 0.25) is 0 Å². The van der Waals surface area contributed by atoms with Crippen LogP contribution in [0, 0.1) is 22.3 Å². The molecule has 1 radical (unpaired) electrons. The smallest absolute Gasteiger partial charge is 0.442 e. The molecule has 9 heteroatoms. The molecule has 0 heterocycles. The molecule has 0 saturated heterocycles. The summed E-state index contributed by atoms with van der Waals surface area (Å²) in [6, 6.07) is 0. The van der Waals surface area contributed by atoms with Crippen molar-refractivity contribution in [2.24, 2.45) is 0 Å². The Bertz CT molecular complexity index is 22.3. The third-order valence-corrected chi connectivity index (χ3v) is 0. The molecule has 0 saturated carbocycles. The van der Waals surface area contributed by atoms with E-state index < -0.39 is 0 Å². The van der Waals surface area contributed by atoms with Crippen molar-refractivity contribution in [3.05, 3.63) is 22.3 Å². The third kappa shape index (κ3) is 514. The van der Waals surface area contributed by atoms with E-state index in [2.05, 4.69) is 0 Å². The largest absolute Gasteiger partial charge is 3.00 e. The molecule has 0 aromatic rings. The molecule has 0 fully saturated rings. The summed E-state index contributed by atoms with van der Waals surface area (Å²) in [7, 11) is 1.22. The van der Waals surface area contributed by atoms with Crippen molar-refractivity contribution < 1.29 is 45.4 Å². The Morgan fingerprint density at radius 2 is 0.417 bits per heavy atom. The molecule has 0 aromatic carbocycles. The van der Waals surface area contributed by atoms with Crippen LogP contribution in [0.15, 0.2) is 0 Å². The molecular formula is C3H25O4Si4Zr. The summed E-state index contributed by atoms with van der Waals surface area (Å²) in [4.78, 5) is 28.6. The zero-order valence-corrected chi connectivity index (χ0v) is 19.7. The molecule has 0 aliphatic carbocycles. The molecule has 0 bridgehead atoms.